The average Bonchev–Trinajstić information content (AvgIpc) is 2.83. The van der Waals surface area contributed by atoms with Crippen molar-refractivity contribution < 1.29 is 31.8 Å². The minimum absolute atomic E-state index is 0.0259. The number of primary amides is 1. The number of pyridine rings is 1. The van der Waals surface area contributed by atoms with Crippen molar-refractivity contribution >= 4 is 16.1 Å². The highest BCUT2D eigenvalue weighted by atomic mass is 32.2. The molecule has 11 heteroatoms. The molecule has 35 heavy (non-hydrogen) atoms. The molecule has 4 rings (SSSR count). The van der Waals surface area contributed by atoms with Gasteiger partial charge in [-0.1, -0.05) is 6.07 Å². The third-order valence-corrected chi connectivity index (χ3v) is 7.36. The molecule has 1 aliphatic heterocycles. The number of carbonyl (C=O) groups excluding carboxylic acids is 1. The fourth-order valence-corrected chi connectivity index (χ4v) is 5.34. The van der Waals surface area contributed by atoms with E-state index < -0.39 is 28.2 Å². The highest BCUT2D eigenvalue weighted by Gasteiger charge is 2.41. The standard InChI is InChI=1S/C24H24FN3O6S/c1-3-32-16-5-7-17(8-6-16)33-21-11-9-18(14-27-21)35(30,31)28-13-12-19-15(2)4-10-20(25)22(19)23(28)34-24(26)29/h4-11,14,23H,3,12-13H2,1-2H3,(H2,26,29). The second kappa shape index (κ2) is 9.88. The topological polar surface area (TPSA) is 121 Å². The van der Waals surface area contributed by atoms with Crippen LogP contribution in [0, 0.1) is 12.7 Å². The quantitative estimate of drug-likeness (QED) is 0.518. The fraction of sp³-hybridized carbons (Fsp3) is 0.250. The maximum atomic E-state index is 14.8. The Morgan fingerprint density at radius 2 is 1.86 bits per heavy atom. The number of sulfonamides is 1. The normalized spacial score (nSPS) is 15.8. The summed E-state index contributed by atoms with van der Waals surface area (Å²) in [6.45, 7) is 4.16. The molecule has 184 valence electrons. The molecule has 1 atom stereocenters. The van der Waals surface area contributed by atoms with Gasteiger partial charge in [0.15, 0.2) is 6.23 Å². The van der Waals surface area contributed by atoms with E-state index in [1.165, 1.54) is 18.2 Å². The smallest absolute Gasteiger partial charge is 0.406 e. The monoisotopic (exact) mass is 501 g/mol. The van der Waals surface area contributed by atoms with Crippen molar-refractivity contribution in [3.8, 4) is 17.4 Å². The van der Waals surface area contributed by atoms with Crippen LogP contribution in [0.1, 0.15) is 29.8 Å². The van der Waals surface area contributed by atoms with E-state index in [0.717, 1.165) is 16.1 Å². The molecule has 9 nitrogen and oxygen atoms in total. The maximum Gasteiger partial charge on any atom is 0.406 e. The van der Waals surface area contributed by atoms with Gasteiger partial charge in [-0.25, -0.2) is 22.6 Å². The Labute approximate surface area is 202 Å². The number of rotatable bonds is 7. The van der Waals surface area contributed by atoms with Crippen LogP contribution < -0.4 is 15.2 Å². The van der Waals surface area contributed by atoms with Crippen molar-refractivity contribution in [2.75, 3.05) is 13.2 Å². The number of halogens is 1. The van der Waals surface area contributed by atoms with Crippen LogP contribution >= 0.6 is 0 Å². The van der Waals surface area contributed by atoms with Crippen LogP contribution in [0.5, 0.6) is 17.4 Å². The third kappa shape index (κ3) is 5.05. The molecule has 0 spiro atoms. The number of hydrogen-bond acceptors (Lipinski definition) is 7. The van der Waals surface area contributed by atoms with Crippen molar-refractivity contribution in [1.29, 1.82) is 0 Å². The number of aromatic nitrogens is 1. The maximum absolute atomic E-state index is 14.8. The van der Waals surface area contributed by atoms with Gasteiger partial charge in [-0.05, 0) is 67.8 Å². The Kier molecular flexibility index (Phi) is 6.90. The Balaban J connectivity index is 1.60. The predicted octanol–water partition coefficient (Wildman–Crippen LogP) is 4.06. The lowest BCUT2D eigenvalue weighted by molar-refractivity contribution is 0.0268. The summed E-state index contributed by atoms with van der Waals surface area (Å²) in [6.07, 6.45) is -1.40. The van der Waals surface area contributed by atoms with E-state index in [4.69, 9.17) is 19.9 Å². The van der Waals surface area contributed by atoms with E-state index in [0.29, 0.717) is 23.7 Å². The van der Waals surface area contributed by atoms with Crippen LogP contribution in [0.3, 0.4) is 0 Å². The molecule has 2 aromatic carbocycles. The zero-order valence-corrected chi connectivity index (χ0v) is 19.9. The van der Waals surface area contributed by atoms with Crippen LogP contribution in [0.25, 0.3) is 0 Å². The van der Waals surface area contributed by atoms with E-state index in [-0.39, 0.29) is 29.3 Å². The summed E-state index contributed by atoms with van der Waals surface area (Å²) < 4.78 is 58.7. The third-order valence-electron chi connectivity index (χ3n) is 5.53. The first-order valence-corrected chi connectivity index (χ1v) is 12.3. The summed E-state index contributed by atoms with van der Waals surface area (Å²) in [5, 5.41) is 0. The first kappa shape index (κ1) is 24.4. The van der Waals surface area contributed by atoms with Crippen molar-refractivity contribution in [2.45, 2.75) is 31.4 Å². The number of nitrogens with two attached hydrogens (primary N) is 1. The Morgan fingerprint density at radius 3 is 2.49 bits per heavy atom. The Hall–Kier alpha value is -3.70. The predicted molar refractivity (Wildman–Crippen MR) is 124 cm³/mol. The second-order valence-electron chi connectivity index (χ2n) is 7.75. The average molecular weight is 502 g/mol. The molecule has 2 N–H and O–H groups in total. The number of carbonyl (C=O) groups is 1. The van der Waals surface area contributed by atoms with Crippen LogP contribution in [-0.2, 0) is 21.2 Å². The molecule has 0 radical (unpaired) electrons. The van der Waals surface area contributed by atoms with Gasteiger partial charge in [0.2, 0.25) is 15.9 Å². The van der Waals surface area contributed by atoms with Gasteiger partial charge in [-0.2, -0.15) is 4.31 Å². The number of benzene rings is 2. The van der Waals surface area contributed by atoms with Gasteiger partial charge in [-0.15, -0.1) is 0 Å². The lowest BCUT2D eigenvalue weighted by Crippen LogP contribution is -2.43. The SMILES string of the molecule is CCOc1ccc(Oc2ccc(S(=O)(=O)N3CCc4c(C)ccc(F)c4C3OC(N)=O)cn2)cc1. The van der Waals surface area contributed by atoms with Crippen LogP contribution in [0.15, 0.2) is 59.6 Å². The minimum atomic E-state index is -4.23. The van der Waals surface area contributed by atoms with E-state index in [1.54, 1.807) is 37.3 Å². The summed E-state index contributed by atoms with van der Waals surface area (Å²) in [5.74, 6) is 0.666. The minimum Gasteiger partial charge on any atom is -0.494 e. The second-order valence-corrected chi connectivity index (χ2v) is 9.64. The summed E-state index contributed by atoms with van der Waals surface area (Å²) in [4.78, 5) is 15.5. The molecule has 0 saturated heterocycles. The molecule has 3 aromatic rings. The zero-order chi connectivity index (χ0) is 25.2. The van der Waals surface area contributed by atoms with Crippen molar-refractivity contribution in [3.05, 3.63) is 77.2 Å². The van der Waals surface area contributed by atoms with Crippen molar-refractivity contribution in [2.24, 2.45) is 5.73 Å². The number of fused-ring (bicyclic) bond motifs is 1. The molecule has 1 aliphatic rings. The van der Waals surface area contributed by atoms with E-state index >= 15 is 0 Å². The van der Waals surface area contributed by atoms with Crippen molar-refractivity contribution in [1.82, 2.24) is 9.29 Å². The first-order valence-electron chi connectivity index (χ1n) is 10.8. The highest BCUT2D eigenvalue weighted by molar-refractivity contribution is 7.89. The zero-order valence-electron chi connectivity index (χ0n) is 19.1. The van der Waals surface area contributed by atoms with E-state index in [9.17, 15) is 17.6 Å². The van der Waals surface area contributed by atoms with Gasteiger partial charge in [-0.3, -0.25) is 0 Å². The fourth-order valence-electron chi connectivity index (χ4n) is 3.91. The summed E-state index contributed by atoms with van der Waals surface area (Å²) in [7, 11) is -4.23. The molecule has 0 fully saturated rings. The lowest BCUT2D eigenvalue weighted by atomic mass is 9.94. The van der Waals surface area contributed by atoms with Crippen molar-refractivity contribution in [3.63, 3.8) is 0 Å². The van der Waals surface area contributed by atoms with Crippen LogP contribution in [0.2, 0.25) is 0 Å². The molecule has 0 saturated carbocycles. The number of hydrogen-bond donors (Lipinski definition) is 1. The van der Waals surface area contributed by atoms with Gasteiger partial charge in [0.1, 0.15) is 22.2 Å². The molecule has 1 amide bonds. The number of nitrogens with zero attached hydrogens (tertiary/aromatic N) is 2. The van der Waals surface area contributed by atoms with Gasteiger partial charge in [0.05, 0.1) is 12.8 Å². The number of aryl methyl sites for hydroxylation is 1. The van der Waals surface area contributed by atoms with Gasteiger partial charge in [0.25, 0.3) is 0 Å². The molecule has 0 bridgehead atoms. The van der Waals surface area contributed by atoms with E-state index in [1.807, 2.05) is 6.92 Å². The molecular formula is C24H24FN3O6S. The largest absolute Gasteiger partial charge is 0.494 e. The Bertz CT molecular complexity index is 1330. The van der Waals surface area contributed by atoms with E-state index in [2.05, 4.69) is 4.98 Å². The summed E-state index contributed by atoms with van der Waals surface area (Å²) >= 11 is 0. The number of ether oxygens (including phenoxy) is 3. The molecule has 1 aromatic heterocycles. The first-order chi connectivity index (χ1) is 16.7. The highest BCUT2D eigenvalue weighted by Crippen LogP contribution is 2.38. The van der Waals surface area contributed by atoms with Crippen LogP contribution in [0.4, 0.5) is 9.18 Å². The Morgan fingerprint density at radius 1 is 1.14 bits per heavy atom. The van der Waals surface area contributed by atoms with Crippen LogP contribution in [-0.4, -0.2) is 37.0 Å². The summed E-state index contributed by atoms with van der Waals surface area (Å²) in [6, 6.07) is 12.4. The van der Waals surface area contributed by atoms with Gasteiger partial charge >= 0.3 is 6.09 Å². The molecular weight excluding hydrogens is 477 g/mol. The molecule has 0 aliphatic carbocycles. The lowest BCUT2D eigenvalue weighted by Gasteiger charge is -2.35. The van der Waals surface area contributed by atoms with Gasteiger partial charge < -0.3 is 19.9 Å². The molecule has 2 heterocycles. The summed E-state index contributed by atoms with van der Waals surface area (Å²) in [5.41, 5.74) is 6.51. The van der Waals surface area contributed by atoms with Gasteiger partial charge in [0, 0.05) is 18.2 Å². The number of amides is 1. The molecule has 1 unspecified atom stereocenters.